The second-order valence-electron chi connectivity index (χ2n) is 4.42. The third-order valence-corrected chi connectivity index (χ3v) is 2.82. The Morgan fingerprint density at radius 3 is 3.00 bits per heavy atom. The summed E-state index contributed by atoms with van der Waals surface area (Å²) < 4.78 is 5.52. The van der Waals surface area contributed by atoms with E-state index in [0.717, 1.165) is 5.69 Å². The molecular formula is C13H16ClN3O2. The summed E-state index contributed by atoms with van der Waals surface area (Å²) in [6.45, 7) is 0.726. The number of aliphatic imine (C=N–C) groups is 1. The van der Waals surface area contributed by atoms with E-state index in [4.69, 9.17) is 16.3 Å². The molecule has 0 bridgehead atoms. The molecule has 1 aromatic rings. The van der Waals surface area contributed by atoms with E-state index >= 15 is 0 Å². The van der Waals surface area contributed by atoms with Gasteiger partial charge in [0.2, 0.25) is 0 Å². The maximum absolute atomic E-state index is 12.2. The predicted molar refractivity (Wildman–Crippen MR) is 75.5 cm³/mol. The standard InChI is InChI=1S/C13H16ClN3O2/c1-16(2)8-15-10-3-4-12-11(7-10)13(18)17(6-5-14)9-19-12/h3-4,7-8H,5-6,9H2,1-2H3. The van der Waals surface area contributed by atoms with Gasteiger partial charge in [0.05, 0.1) is 17.6 Å². The van der Waals surface area contributed by atoms with Crippen LogP contribution < -0.4 is 4.74 Å². The third kappa shape index (κ3) is 3.17. The Balaban J connectivity index is 2.26. The number of benzene rings is 1. The van der Waals surface area contributed by atoms with E-state index in [-0.39, 0.29) is 12.6 Å². The van der Waals surface area contributed by atoms with E-state index in [9.17, 15) is 4.79 Å². The second-order valence-corrected chi connectivity index (χ2v) is 4.80. The minimum atomic E-state index is -0.0659. The van der Waals surface area contributed by atoms with Gasteiger partial charge >= 0.3 is 0 Å². The Morgan fingerprint density at radius 1 is 1.53 bits per heavy atom. The highest BCUT2D eigenvalue weighted by Gasteiger charge is 2.25. The number of rotatable bonds is 4. The summed E-state index contributed by atoms with van der Waals surface area (Å²) in [5.74, 6) is 0.923. The highest BCUT2D eigenvalue weighted by Crippen LogP contribution is 2.28. The van der Waals surface area contributed by atoms with E-state index in [1.54, 1.807) is 23.4 Å². The summed E-state index contributed by atoms with van der Waals surface area (Å²) in [6.07, 6.45) is 1.69. The molecule has 102 valence electrons. The van der Waals surface area contributed by atoms with Gasteiger partial charge in [-0.05, 0) is 18.2 Å². The molecule has 6 heteroatoms. The number of fused-ring (bicyclic) bond motifs is 1. The maximum atomic E-state index is 12.2. The van der Waals surface area contributed by atoms with Crippen LogP contribution in [0.3, 0.4) is 0 Å². The second kappa shape index (κ2) is 5.93. The first-order valence-electron chi connectivity index (χ1n) is 5.94. The molecule has 0 radical (unpaired) electrons. The Morgan fingerprint density at radius 2 is 2.32 bits per heavy atom. The van der Waals surface area contributed by atoms with Crippen LogP contribution >= 0.6 is 11.6 Å². The van der Waals surface area contributed by atoms with Crippen LogP contribution in [0.4, 0.5) is 5.69 Å². The summed E-state index contributed by atoms with van der Waals surface area (Å²) in [4.78, 5) is 19.9. The zero-order chi connectivity index (χ0) is 13.8. The SMILES string of the molecule is CN(C)C=Nc1ccc2c(c1)C(=O)N(CCCl)CO2. The summed E-state index contributed by atoms with van der Waals surface area (Å²) in [5, 5.41) is 0. The third-order valence-electron chi connectivity index (χ3n) is 2.65. The topological polar surface area (TPSA) is 45.1 Å². The highest BCUT2D eigenvalue weighted by atomic mass is 35.5. The molecule has 1 aliphatic rings. The highest BCUT2D eigenvalue weighted by molar-refractivity contribution is 6.18. The number of carbonyl (C=O) groups excluding carboxylic acids is 1. The van der Waals surface area contributed by atoms with E-state index in [2.05, 4.69) is 4.99 Å². The van der Waals surface area contributed by atoms with Crippen LogP contribution in [-0.2, 0) is 0 Å². The van der Waals surface area contributed by atoms with Crippen molar-refractivity contribution >= 4 is 29.5 Å². The number of amides is 1. The van der Waals surface area contributed by atoms with Crippen molar-refractivity contribution in [1.29, 1.82) is 0 Å². The molecule has 0 fully saturated rings. The molecule has 1 heterocycles. The van der Waals surface area contributed by atoms with Gasteiger partial charge in [-0.2, -0.15) is 0 Å². The Hall–Kier alpha value is -1.75. The first kappa shape index (κ1) is 13.7. The minimum Gasteiger partial charge on any atom is -0.472 e. The molecule has 19 heavy (non-hydrogen) atoms. The molecule has 0 saturated heterocycles. The molecule has 5 nitrogen and oxygen atoms in total. The molecule has 0 aliphatic carbocycles. The summed E-state index contributed by atoms with van der Waals surface area (Å²) in [7, 11) is 3.77. The normalized spacial score (nSPS) is 14.5. The zero-order valence-electron chi connectivity index (χ0n) is 11.0. The molecule has 1 aliphatic heterocycles. The minimum absolute atomic E-state index is 0.0659. The first-order chi connectivity index (χ1) is 9.11. The quantitative estimate of drug-likeness (QED) is 0.481. The fourth-order valence-corrected chi connectivity index (χ4v) is 1.92. The molecular weight excluding hydrogens is 266 g/mol. The average molecular weight is 282 g/mol. The molecule has 0 unspecified atom stereocenters. The molecule has 1 amide bonds. The summed E-state index contributed by atoms with van der Waals surface area (Å²) >= 11 is 5.66. The number of nitrogens with zero attached hydrogens (tertiary/aromatic N) is 3. The number of ether oxygens (including phenoxy) is 1. The van der Waals surface area contributed by atoms with Crippen molar-refractivity contribution in [3.05, 3.63) is 23.8 Å². The monoisotopic (exact) mass is 281 g/mol. The van der Waals surface area contributed by atoms with Gasteiger partial charge in [0.25, 0.3) is 5.91 Å². The molecule has 0 aromatic heterocycles. The number of halogens is 1. The Labute approximate surface area is 117 Å². The number of hydrogen-bond donors (Lipinski definition) is 0. The van der Waals surface area contributed by atoms with Gasteiger partial charge in [0.15, 0.2) is 6.73 Å². The first-order valence-corrected chi connectivity index (χ1v) is 6.48. The molecule has 1 aromatic carbocycles. The Kier molecular flexibility index (Phi) is 4.27. The van der Waals surface area contributed by atoms with Crippen molar-refractivity contribution in [2.75, 3.05) is 33.3 Å². The molecule has 0 atom stereocenters. The lowest BCUT2D eigenvalue weighted by atomic mass is 10.1. The van der Waals surface area contributed by atoms with Gasteiger partial charge in [0.1, 0.15) is 5.75 Å². The van der Waals surface area contributed by atoms with Crippen LogP contribution in [0.1, 0.15) is 10.4 Å². The molecule has 0 saturated carbocycles. The summed E-state index contributed by atoms with van der Waals surface area (Å²) in [6, 6.07) is 5.33. The molecule has 2 rings (SSSR count). The Bertz CT molecular complexity index is 503. The van der Waals surface area contributed by atoms with Gasteiger partial charge in [0, 0.05) is 26.5 Å². The predicted octanol–water partition coefficient (Wildman–Crippen LogP) is 1.94. The van der Waals surface area contributed by atoms with Crippen molar-refractivity contribution in [3.63, 3.8) is 0 Å². The van der Waals surface area contributed by atoms with Crippen LogP contribution in [0.25, 0.3) is 0 Å². The largest absolute Gasteiger partial charge is 0.472 e. The van der Waals surface area contributed by atoms with Crippen LogP contribution in [0.15, 0.2) is 23.2 Å². The van der Waals surface area contributed by atoms with Crippen LogP contribution in [0, 0.1) is 0 Å². The van der Waals surface area contributed by atoms with E-state index in [1.165, 1.54) is 0 Å². The lowest BCUT2D eigenvalue weighted by Gasteiger charge is -2.28. The lowest BCUT2D eigenvalue weighted by molar-refractivity contribution is 0.0540. The van der Waals surface area contributed by atoms with Crippen molar-refractivity contribution in [2.45, 2.75) is 0 Å². The molecule has 0 N–H and O–H groups in total. The van der Waals surface area contributed by atoms with Crippen molar-refractivity contribution < 1.29 is 9.53 Å². The number of carbonyl (C=O) groups is 1. The van der Waals surface area contributed by atoms with Crippen molar-refractivity contribution in [2.24, 2.45) is 4.99 Å². The number of hydrogen-bond acceptors (Lipinski definition) is 3. The van der Waals surface area contributed by atoms with Crippen LogP contribution in [0.2, 0.25) is 0 Å². The number of alkyl halides is 1. The van der Waals surface area contributed by atoms with E-state index in [0.29, 0.717) is 23.7 Å². The smallest absolute Gasteiger partial charge is 0.260 e. The van der Waals surface area contributed by atoms with Gasteiger partial charge in [-0.15, -0.1) is 11.6 Å². The van der Waals surface area contributed by atoms with Gasteiger partial charge in [-0.3, -0.25) is 4.79 Å². The van der Waals surface area contributed by atoms with Crippen molar-refractivity contribution in [1.82, 2.24) is 9.80 Å². The van der Waals surface area contributed by atoms with Crippen LogP contribution in [-0.4, -0.2) is 55.3 Å². The van der Waals surface area contributed by atoms with E-state index < -0.39 is 0 Å². The van der Waals surface area contributed by atoms with Gasteiger partial charge in [-0.1, -0.05) is 0 Å². The van der Waals surface area contributed by atoms with E-state index in [1.807, 2.05) is 25.1 Å². The average Bonchev–Trinajstić information content (AvgIpc) is 2.40. The molecule has 0 spiro atoms. The fraction of sp³-hybridized carbons (Fsp3) is 0.385. The van der Waals surface area contributed by atoms with Crippen molar-refractivity contribution in [3.8, 4) is 5.75 Å². The van der Waals surface area contributed by atoms with Crippen LogP contribution in [0.5, 0.6) is 5.75 Å². The maximum Gasteiger partial charge on any atom is 0.260 e. The fourth-order valence-electron chi connectivity index (χ4n) is 1.72. The lowest BCUT2D eigenvalue weighted by Crippen LogP contribution is -2.39. The summed E-state index contributed by atoms with van der Waals surface area (Å²) in [5.41, 5.74) is 1.25. The van der Waals surface area contributed by atoms with Gasteiger partial charge < -0.3 is 14.5 Å². The zero-order valence-corrected chi connectivity index (χ0v) is 11.7. The van der Waals surface area contributed by atoms with Gasteiger partial charge in [-0.25, -0.2) is 4.99 Å².